The second-order valence-electron chi connectivity index (χ2n) is 5.32. The number of nitrogens with zero attached hydrogens (tertiary/aromatic N) is 1. The Morgan fingerprint density at radius 2 is 2.10 bits per heavy atom. The highest BCUT2D eigenvalue weighted by atomic mass is 16.5. The van der Waals surface area contributed by atoms with Gasteiger partial charge in [-0.3, -0.25) is 9.69 Å². The number of ether oxygens (including phenoxy) is 1. The molecule has 0 spiro atoms. The van der Waals surface area contributed by atoms with E-state index in [9.17, 15) is 4.79 Å². The van der Waals surface area contributed by atoms with Gasteiger partial charge in [0.15, 0.2) is 0 Å². The highest BCUT2D eigenvalue weighted by Gasteiger charge is 2.30. The zero-order chi connectivity index (χ0) is 14.2. The van der Waals surface area contributed by atoms with E-state index < -0.39 is 0 Å². The van der Waals surface area contributed by atoms with E-state index in [1.165, 1.54) is 18.4 Å². The number of amides is 1. The third kappa shape index (κ3) is 5.31. The first-order valence-corrected chi connectivity index (χ1v) is 7.33. The number of carbonyl (C=O) groups is 1. The van der Waals surface area contributed by atoms with E-state index in [-0.39, 0.29) is 5.91 Å². The van der Waals surface area contributed by atoms with E-state index in [2.05, 4.69) is 22.3 Å². The number of rotatable bonds is 9. The minimum Gasteiger partial charge on any atom is -0.385 e. The molecule has 0 atom stereocenters. The molecule has 1 aromatic carbocycles. The molecule has 0 heterocycles. The van der Waals surface area contributed by atoms with Gasteiger partial charge < -0.3 is 10.1 Å². The fraction of sp³-hybridized carbons (Fsp3) is 0.562. The first kappa shape index (κ1) is 15.0. The van der Waals surface area contributed by atoms with Crippen molar-refractivity contribution >= 4 is 5.91 Å². The van der Waals surface area contributed by atoms with Crippen LogP contribution in [0.25, 0.3) is 0 Å². The highest BCUT2D eigenvalue weighted by Crippen LogP contribution is 2.27. The van der Waals surface area contributed by atoms with Crippen LogP contribution >= 0.6 is 0 Å². The third-order valence-electron chi connectivity index (χ3n) is 3.49. The largest absolute Gasteiger partial charge is 0.385 e. The van der Waals surface area contributed by atoms with Crippen LogP contribution in [0, 0.1) is 0 Å². The molecule has 2 rings (SSSR count). The van der Waals surface area contributed by atoms with E-state index >= 15 is 0 Å². The highest BCUT2D eigenvalue weighted by molar-refractivity contribution is 5.78. The SMILES string of the molecule is COCCCNC(=O)CN(Cc1ccccc1)C1CC1. The first-order valence-electron chi connectivity index (χ1n) is 7.33. The zero-order valence-corrected chi connectivity index (χ0v) is 12.2. The van der Waals surface area contributed by atoms with Gasteiger partial charge in [0.1, 0.15) is 0 Å². The molecule has 1 amide bonds. The summed E-state index contributed by atoms with van der Waals surface area (Å²) in [5.41, 5.74) is 1.27. The molecular formula is C16H24N2O2. The van der Waals surface area contributed by atoms with Crippen molar-refractivity contribution < 1.29 is 9.53 Å². The van der Waals surface area contributed by atoms with E-state index in [0.29, 0.717) is 25.7 Å². The summed E-state index contributed by atoms with van der Waals surface area (Å²) in [6.07, 6.45) is 3.29. The Bertz CT molecular complexity index is 404. The topological polar surface area (TPSA) is 41.6 Å². The molecule has 0 radical (unpaired) electrons. The van der Waals surface area contributed by atoms with Crippen molar-refractivity contribution in [1.29, 1.82) is 0 Å². The molecule has 1 fully saturated rings. The lowest BCUT2D eigenvalue weighted by molar-refractivity contribution is -0.122. The molecule has 1 aromatic rings. The van der Waals surface area contributed by atoms with Crippen LogP contribution in [0.3, 0.4) is 0 Å². The number of benzene rings is 1. The molecular weight excluding hydrogens is 252 g/mol. The maximum atomic E-state index is 11.9. The van der Waals surface area contributed by atoms with Gasteiger partial charge in [0.05, 0.1) is 6.54 Å². The van der Waals surface area contributed by atoms with Crippen LogP contribution in [-0.2, 0) is 16.1 Å². The van der Waals surface area contributed by atoms with Crippen molar-refractivity contribution in [2.24, 2.45) is 0 Å². The second kappa shape index (κ2) is 8.02. The number of carbonyl (C=O) groups excluding carboxylic acids is 1. The Balaban J connectivity index is 1.76. The van der Waals surface area contributed by atoms with E-state index in [1.807, 2.05) is 18.2 Å². The molecule has 1 aliphatic carbocycles. The maximum Gasteiger partial charge on any atom is 0.234 e. The van der Waals surface area contributed by atoms with Crippen molar-refractivity contribution in [3.05, 3.63) is 35.9 Å². The van der Waals surface area contributed by atoms with Crippen molar-refractivity contribution in [2.75, 3.05) is 26.8 Å². The second-order valence-corrected chi connectivity index (χ2v) is 5.32. The summed E-state index contributed by atoms with van der Waals surface area (Å²) in [5, 5.41) is 2.96. The van der Waals surface area contributed by atoms with Gasteiger partial charge in [-0.25, -0.2) is 0 Å². The lowest BCUT2D eigenvalue weighted by Gasteiger charge is -2.21. The molecule has 1 saturated carbocycles. The average molecular weight is 276 g/mol. The third-order valence-corrected chi connectivity index (χ3v) is 3.49. The number of hydrogen-bond acceptors (Lipinski definition) is 3. The minimum atomic E-state index is 0.115. The van der Waals surface area contributed by atoms with Crippen molar-refractivity contribution in [2.45, 2.75) is 31.8 Å². The van der Waals surface area contributed by atoms with E-state index in [0.717, 1.165) is 13.0 Å². The molecule has 0 saturated heterocycles. The summed E-state index contributed by atoms with van der Waals surface area (Å²) in [7, 11) is 1.68. The van der Waals surface area contributed by atoms with Crippen LogP contribution < -0.4 is 5.32 Å². The summed E-state index contributed by atoms with van der Waals surface area (Å²) in [5.74, 6) is 0.115. The average Bonchev–Trinajstić information content (AvgIpc) is 3.29. The summed E-state index contributed by atoms with van der Waals surface area (Å²) >= 11 is 0. The first-order chi connectivity index (χ1) is 9.79. The van der Waals surface area contributed by atoms with Gasteiger partial charge >= 0.3 is 0 Å². The molecule has 4 nitrogen and oxygen atoms in total. The molecule has 1 N–H and O–H groups in total. The van der Waals surface area contributed by atoms with Crippen molar-refractivity contribution in [1.82, 2.24) is 10.2 Å². The molecule has 1 aliphatic rings. The van der Waals surface area contributed by atoms with E-state index in [1.54, 1.807) is 7.11 Å². The Hall–Kier alpha value is -1.39. The van der Waals surface area contributed by atoms with Gasteiger partial charge in [-0.2, -0.15) is 0 Å². The van der Waals surface area contributed by atoms with Crippen molar-refractivity contribution in [3.63, 3.8) is 0 Å². The van der Waals surface area contributed by atoms with Gasteiger partial charge in [-0.05, 0) is 24.8 Å². The lowest BCUT2D eigenvalue weighted by atomic mass is 10.2. The number of hydrogen-bond donors (Lipinski definition) is 1. The molecule has 0 bridgehead atoms. The normalized spacial score (nSPS) is 14.5. The summed E-state index contributed by atoms with van der Waals surface area (Å²) < 4.78 is 4.97. The molecule has 4 heteroatoms. The predicted octanol–water partition coefficient (Wildman–Crippen LogP) is 1.80. The fourth-order valence-corrected chi connectivity index (χ4v) is 2.26. The van der Waals surface area contributed by atoms with Gasteiger partial charge in [0.2, 0.25) is 5.91 Å². The van der Waals surface area contributed by atoms with Crippen LogP contribution in [0.4, 0.5) is 0 Å². The smallest absolute Gasteiger partial charge is 0.234 e. The van der Waals surface area contributed by atoms with Crippen LogP contribution in [0.15, 0.2) is 30.3 Å². The molecule has 110 valence electrons. The Morgan fingerprint density at radius 3 is 2.75 bits per heavy atom. The summed E-state index contributed by atoms with van der Waals surface area (Å²) in [6.45, 7) is 2.73. The quantitative estimate of drug-likeness (QED) is 0.699. The minimum absolute atomic E-state index is 0.115. The Kier molecular flexibility index (Phi) is 6.02. The van der Waals surface area contributed by atoms with Crippen molar-refractivity contribution in [3.8, 4) is 0 Å². The lowest BCUT2D eigenvalue weighted by Crippen LogP contribution is -2.38. The van der Waals surface area contributed by atoms with Gasteiger partial charge in [-0.15, -0.1) is 0 Å². The van der Waals surface area contributed by atoms with Crippen LogP contribution in [0.1, 0.15) is 24.8 Å². The number of nitrogens with one attached hydrogen (secondary N) is 1. The van der Waals surface area contributed by atoms with E-state index in [4.69, 9.17) is 4.74 Å². The maximum absolute atomic E-state index is 11.9. The number of methoxy groups -OCH3 is 1. The molecule has 0 unspecified atom stereocenters. The van der Waals surface area contributed by atoms with Gasteiger partial charge in [0, 0.05) is 32.8 Å². The fourth-order valence-electron chi connectivity index (χ4n) is 2.26. The van der Waals surface area contributed by atoms with Crippen LogP contribution in [0.2, 0.25) is 0 Å². The molecule has 20 heavy (non-hydrogen) atoms. The summed E-state index contributed by atoms with van der Waals surface area (Å²) in [6, 6.07) is 10.9. The predicted molar refractivity (Wildman–Crippen MR) is 79.4 cm³/mol. The van der Waals surface area contributed by atoms with Crippen LogP contribution in [0.5, 0.6) is 0 Å². The Labute approximate surface area is 121 Å². The zero-order valence-electron chi connectivity index (χ0n) is 12.2. The molecule has 0 aromatic heterocycles. The molecule has 0 aliphatic heterocycles. The monoisotopic (exact) mass is 276 g/mol. The van der Waals surface area contributed by atoms with Gasteiger partial charge in [0.25, 0.3) is 0 Å². The Morgan fingerprint density at radius 1 is 1.35 bits per heavy atom. The van der Waals surface area contributed by atoms with Crippen LogP contribution in [-0.4, -0.2) is 43.7 Å². The van der Waals surface area contributed by atoms with Gasteiger partial charge in [-0.1, -0.05) is 30.3 Å². The summed E-state index contributed by atoms with van der Waals surface area (Å²) in [4.78, 5) is 14.2. The standard InChI is InChI=1S/C16H24N2O2/c1-20-11-5-10-17-16(19)13-18(15-8-9-15)12-14-6-3-2-4-7-14/h2-4,6-7,15H,5,8-13H2,1H3,(H,17,19).